The van der Waals surface area contributed by atoms with Crippen LogP contribution >= 0.6 is 0 Å². The fraction of sp³-hybridized carbons (Fsp3) is 1.00. The van der Waals surface area contributed by atoms with Crippen LogP contribution in [0.4, 0.5) is 0 Å². The highest BCUT2D eigenvalue weighted by Gasteiger charge is 2.16. The van der Waals surface area contributed by atoms with E-state index >= 15 is 0 Å². The van der Waals surface area contributed by atoms with Crippen LogP contribution in [0.3, 0.4) is 0 Å². The maximum absolute atomic E-state index is 8.68. The van der Waals surface area contributed by atoms with Crippen LogP contribution in [0.2, 0.25) is 0 Å². The summed E-state index contributed by atoms with van der Waals surface area (Å²) in [6.45, 7) is 7.40. The number of hydrogen-bond acceptors (Lipinski definition) is 3. The third kappa shape index (κ3) is 5.24. The zero-order valence-corrected chi connectivity index (χ0v) is 9.21. The van der Waals surface area contributed by atoms with Gasteiger partial charge in [-0.3, -0.25) is 0 Å². The molecule has 3 nitrogen and oxygen atoms in total. The molecule has 0 amide bonds. The van der Waals surface area contributed by atoms with Crippen LogP contribution in [0.5, 0.6) is 0 Å². The molecule has 13 heavy (non-hydrogen) atoms. The van der Waals surface area contributed by atoms with Crippen molar-refractivity contribution in [2.75, 3.05) is 33.3 Å². The number of likely N-dealkylation sites (tertiary alicyclic amines) is 1. The summed E-state index contributed by atoms with van der Waals surface area (Å²) in [5.74, 6) is 0. The van der Waals surface area contributed by atoms with Crippen LogP contribution < -0.4 is 5.32 Å². The fourth-order valence-corrected chi connectivity index (χ4v) is 1.59. The van der Waals surface area contributed by atoms with E-state index < -0.39 is 0 Å². The van der Waals surface area contributed by atoms with E-state index in [0.717, 1.165) is 19.6 Å². The Hall–Kier alpha value is -0.120. The van der Waals surface area contributed by atoms with Crippen LogP contribution in [0.1, 0.15) is 26.7 Å². The maximum atomic E-state index is 8.68. The van der Waals surface area contributed by atoms with E-state index in [-0.39, 0.29) is 0 Å². The molecule has 1 heterocycles. The molecule has 2 N–H and O–H groups in total. The van der Waals surface area contributed by atoms with Gasteiger partial charge in [0.2, 0.25) is 0 Å². The van der Waals surface area contributed by atoms with E-state index in [0.29, 0.717) is 12.6 Å². The first-order valence-electron chi connectivity index (χ1n) is 5.37. The Morgan fingerprint density at radius 2 is 1.85 bits per heavy atom. The Labute approximate surface area is 82.1 Å². The minimum absolute atomic E-state index is 0.296. The molecule has 0 atom stereocenters. The lowest BCUT2D eigenvalue weighted by Crippen LogP contribution is -2.42. The third-order valence-corrected chi connectivity index (χ3v) is 2.41. The highest BCUT2D eigenvalue weighted by atomic mass is 16.3. The van der Waals surface area contributed by atoms with Gasteiger partial charge in [-0.2, -0.15) is 0 Å². The van der Waals surface area contributed by atoms with Gasteiger partial charge in [0.05, 0.1) is 6.61 Å². The van der Waals surface area contributed by atoms with Crippen LogP contribution in [0, 0.1) is 0 Å². The predicted molar refractivity (Wildman–Crippen MR) is 57.0 cm³/mol. The Balaban J connectivity index is 0.000000671. The first-order chi connectivity index (χ1) is 6.36. The van der Waals surface area contributed by atoms with Gasteiger partial charge in [0.25, 0.3) is 0 Å². The molecule has 1 aliphatic heterocycles. The van der Waals surface area contributed by atoms with Crippen LogP contribution in [-0.2, 0) is 0 Å². The Bertz CT molecular complexity index is 101. The maximum Gasteiger partial charge on any atom is 0.0558 e. The summed E-state index contributed by atoms with van der Waals surface area (Å²) in [5.41, 5.74) is 0. The van der Waals surface area contributed by atoms with E-state index in [1.807, 2.05) is 20.9 Å². The molecule has 1 fully saturated rings. The molecule has 0 bridgehead atoms. The zero-order chi connectivity index (χ0) is 10.1. The van der Waals surface area contributed by atoms with E-state index in [2.05, 4.69) is 10.2 Å². The second-order valence-electron chi connectivity index (χ2n) is 3.13. The lowest BCUT2D eigenvalue weighted by Gasteiger charge is -2.31. The normalized spacial score (nSPS) is 19.4. The molecule has 0 saturated carbocycles. The van der Waals surface area contributed by atoms with Crippen molar-refractivity contribution in [1.29, 1.82) is 0 Å². The van der Waals surface area contributed by atoms with Crippen molar-refractivity contribution in [2.45, 2.75) is 32.7 Å². The lowest BCUT2D eigenvalue weighted by molar-refractivity contribution is 0.159. The standard InChI is InChI=1S/C8H18N2O.C2H6/c1-9-8-2-4-10(5-3-8)6-7-11;1-2/h8-9,11H,2-7H2,1H3;1-2H3. The molecule has 3 heteroatoms. The molecule has 0 unspecified atom stereocenters. The number of β-amino-alcohol motifs (C(OH)–C–C–N with tert-alkyl or cyclic N) is 1. The molecule has 1 saturated heterocycles. The third-order valence-electron chi connectivity index (χ3n) is 2.41. The first kappa shape index (κ1) is 12.9. The average Bonchev–Trinajstić information content (AvgIpc) is 2.23. The minimum atomic E-state index is 0.296. The van der Waals surface area contributed by atoms with Gasteiger partial charge in [0, 0.05) is 12.6 Å². The topological polar surface area (TPSA) is 35.5 Å². The van der Waals surface area contributed by atoms with E-state index in [1.165, 1.54) is 12.8 Å². The number of rotatable bonds is 3. The van der Waals surface area contributed by atoms with E-state index in [4.69, 9.17) is 5.11 Å². The fourth-order valence-electron chi connectivity index (χ4n) is 1.59. The summed E-state index contributed by atoms with van der Waals surface area (Å²) in [4.78, 5) is 2.31. The number of nitrogens with one attached hydrogen (secondary N) is 1. The molecule has 1 rings (SSSR count). The van der Waals surface area contributed by atoms with Crippen molar-refractivity contribution in [3.05, 3.63) is 0 Å². The summed E-state index contributed by atoms with van der Waals surface area (Å²) in [6.07, 6.45) is 2.44. The molecule has 0 aromatic heterocycles. The molecular weight excluding hydrogens is 164 g/mol. The highest BCUT2D eigenvalue weighted by molar-refractivity contribution is 4.75. The second kappa shape index (κ2) is 8.48. The Morgan fingerprint density at radius 3 is 2.23 bits per heavy atom. The van der Waals surface area contributed by atoms with Crippen LogP contribution in [-0.4, -0.2) is 49.3 Å². The predicted octanol–water partition coefficient (Wildman–Crippen LogP) is 0.689. The van der Waals surface area contributed by atoms with Crippen molar-refractivity contribution in [2.24, 2.45) is 0 Å². The Morgan fingerprint density at radius 1 is 1.31 bits per heavy atom. The van der Waals surface area contributed by atoms with Gasteiger partial charge in [-0.1, -0.05) is 13.8 Å². The van der Waals surface area contributed by atoms with Crippen molar-refractivity contribution in [1.82, 2.24) is 10.2 Å². The van der Waals surface area contributed by atoms with Crippen molar-refractivity contribution in [3.63, 3.8) is 0 Å². The van der Waals surface area contributed by atoms with Gasteiger partial charge < -0.3 is 15.3 Å². The summed E-state index contributed by atoms with van der Waals surface area (Å²) in [7, 11) is 2.02. The summed E-state index contributed by atoms with van der Waals surface area (Å²) < 4.78 is 0. The molecule has 0 aromatic carbocycles. The molecule has 0 radical (unpaired) electrons. The molecule has 1 aliphatic rings. The minimum Gasteiger partial charge on any atom is -0.395 e. The quantitative estimate of drug-likeness (QED) is 0.684. The molecule has 80 valence electrons. The van der Waals surface area contributed by atoms with Crippen molar-refractivity contribution in [3.8, 4) is 0 Å². The first-order valence-corrected chi connectivity index (χ1v) is 5.37. The van der Waals surface area contributed by atoms with Gasteiger partial charge in [-0.25, -0.2) is 0 Å². The monoisotopic (exact) mass is 188 g/mol. The molecular formula is C10H24N2O. The van der Waals surface area contributed by atoms with Crippen LogP contribution in [0.25, 0.3) is 0 Å². The summed E-state index contributed by atoms with van der Waals surface area (Å²) in [5, 5.41) is 12.0. The number of hydrogen-bond donors (Lipinski definition) is 2. The number of nitrogens with zero attached hydrogens (tertiary/aromatic N) is 1. The van der Waals surface area contributed by atoms with Gasteiger partial charge in [0.15, 0.2) is 0 Å². The highest BCUT2D eigenvalue weighted by Crippen LogP contribution is 2.08. The number of piperidine rings is 1. The summed E-state index contributed by atoms with van der Waals surface area (Å²) >= 11 is 0. The largest absolute Gasteiger partial charge is 0.395 e. The van der Waals surface area contributed by atoms with Crippen molar-refractivity contribution < 1.29 is 5.11 Å². The molecule has 0 spiro atoms. The van der Waals surface area contributed by atoms with Gasteiger partial charge >= 0.3 is 0 Å². The van der Waals surface area contributed by atoms with Gasteiger partial charge in [0.1, 0.15) is 0 Å². The lowest BCUT2D eigenvalue weighted by atomic mass is 10.1. The Kier molecular flexibility index (Phi) is 8.40. The summed E-state index contributed by atoms with van der Waals surface area (Å²) in [6, 6.07) is 0.699. The molecule has 0 aliphatic carbocycles. The van der Waals surface area contributed by atoms with Gasteiger partial charge in [-0.15, -0.1) is 0 Å². The van der Waals surface area contributed by atoms with Gasteiger partial charge in [-0.05, 0) is 33.0 Å². The number of aliphatic hydroxyl groups excluding tert-OH is 1. The van der Waals surface area contributed by atoms with Crippen molar-refractivity contribution >= 4 is 0 Å². The smallest absolute Gasteiger partial charge is 0.0558 e. The molecule has 0 aromatic rings. The number of aliphatic hydroxyl groups is 1. The van der Waals surface area contributed by atoms with E-state index in [9.17, 15) is 0 Å². The van der Waals surface area contributed by atoms with E-state index in [1.54, 1.807) is 0 Å². The second-order valence-corrected chi connectivity index (χ2v) is 3.13. The van der Waals surface area contributed by atoms with Crippen LogP contribution in [0.15, 0.2) is 0 Å². The SMILES string of the molecule is CC.CNC1CCN(CCO)CC1. The zero-order valence-electron chi connectivity index (χ0n) is 9.21. The average molecular weight is 188 g/mol.